The van der Waals surface area contributed by atoms with Crippen LogP contribution in [0.5, 0.6) is 0 Å². The zero-order valence-corrected chi connectivity index (χ0v) is 20.5. The molecule has 2 nitrogen and oxygen atoms in total. The smallest absolute Gasteiger partial charge is 0.0712 e. The van der Waals surface area contributed by atoms with Crippen molar-refractivity contribution >= 4 is 43.6 Å². The van der Waals surface area contributed by atoms with Crippen molar-refractivity contribution in [3.63, 3.8) is 0 Å². The monoisotopic (exact) mass is 454 g/mol. The molecule has 35 heavy (non-hydrogen) atoms. The van der Waals surface area contributed by atoms with E-state index in [4.69, 9.17) is 9.97 Å². The molecule has 0 amide bonds. The highest BCUT2D eigenvalue weighted by molar-refractivity contribution is 6.04. The molecule has 0 unspecified atom stereocenters. The molecule has 0 aliphatic carbocycles. The molecule has 0 aliphatic heterocycles. The number of benzene rings is 4. The first kappa shape index (κ1) is 21.7. The lowest BCUT2D eigenvalue weighted by Gasteiger charge is -2.38. The van der Waals surface area contributed by atoms with Crippen LogP contribution >= 0.6 is 0 Å². The van der Waals surface area contributed by atoms with E-state index in [1.54, 1.807) is 0 Å². The Morgan fingerprint density at radius 3 is 1.03 bits per heavy atom. The number of para-hydroxylation sites is 4. The highest BCUT2D eigenvalue weighted by Gasteiger charge is 2.38. The zero-order chi connectivity index (χ0) is 23.8. The van der Waals surface area contributed by atoms with Crippen LogP contribution in [0.3, 0.4) is 0 Å². The van der Waals surface area contributed by atoms with E-state index in [0.29, 0.717) is 0 Å². The van der Waals surface area contributed by atoms with E-state index in [9.17, 15) is 0 Å². The molecule has 0 saturated heterocycles. The van der Waals surface area contributed by atoms with Crippen LogP contribution in [0.2, 0.25) is 0 Å². The standard InChI is InChI=1S/C33H30N2/c1-3-21-33(22-4-2,31-23-13-5-9-17-27(23)34-28-18-10-6-14-24(28)31)32-25-15-7-11-19-29(25)35-30-20-12-8-16-26(30)32/h5-20H,3-4,21-22H2,1-2H3. The van der Waals surface area contributed by atoms with Gasteiger partial charge in [-0.05, 0) is 48.2 Å². The van der Waals surface area contributed by atoms with Crippen molar-refractivity contribution in [3.8, 4) is 0 Å². The van der Waals surface area contributed by atoms with E-state index in [0.717, 1.165) is 47.8 Å². The molecule has 4 aromatic carbocycles. The minimum atomic E-state index is -0.173. The van der Waals surface area contributed by atoms with E-state index in [-0.39, 0.29) is 5.41 Å². The fraction of sp³-hybridized carbons (Fsp3) is 0.212. The van der Waals surface area contributed by atoms with Gasteiger partial charge in [-0.1, -0.05) is 99.5 Å². The molecule has 0 aliphatic rings. The highest BCUT2D eigenvalue weighted by Crippen LogP contribution is 2.50. The normalized spacial score (nSPS) is 12.2. The minimum absolute atomic E-state index is 0.173. The Hall–Kier alpha value is -3.78. The van der Waals surface area contributed by atoms with Gasteiger partial charge in [-0.3, -0.25) is 0 Å². The van der Waals surface area contributed by atoms with Crippen molar-refractivity contribution in [2.75, 3.05) is 0 Å². The van der Waals surface area contributed by atoms with Gasteiger partial charge in [0.25, 0.3) is 0 Å². The van der Waals surface area contributed by atoms with Crippen molar-refractivity contribution in [1.29, 1.82) is 0 Å². The van der Waals surface area contributed by atoms with Gasteiger partial charge in [0.2, 0.25) is 0 Å². The van der Waals surface area contributed by atoms with E-state index in [1.165, 1.54) is 32.7 Å². The molecule has 0 saturated carbocycles. The maximum absolute atomic E-state index is 5.08. The molecule has 6 aromatic rings. The summed E-state index contributed by atoms with van der Waals surface area (Å²) in [5.74, 6) is 0. The molecule has 2 heterocycles. The maximum atomic E-state index is 5.08. The summed E-state index contributed by atoms with van der Waals surface area (Å²) < 4.78 is 0. The Balaban J connectivity index is 1.89. The molecule has 0 atom stereocenters. The largest absolute Gasteiger partial charge is 0.248 e. The number of aromatic nitrogens is 2. The van der Waals surface area contributed by atoms with Crippen molar-refractivity contribution < 1.29 is 0 Å². The summed E-state index contributed by atoms with van der Waals surface area (Å²) in [5.41, 5.74) is 6.95. The quantitative estimate of drug-likeness (QED) is 0.235. The van der Waals surface area contributed by atoms with Crippen LogP contribution in [0.4, 0.5) is 0 Å². The predicted molar refractivity (Wildman–Crippen MR) is 149 cm³/mol. The number of nitrogens with zero attached hydrogens (tertiary/aromatic N) is 2. The lowest BCUT2D eigenvalue weighted by Crippen LogP contribution is -2.29. The van der Waals surface area contributed by atoms with Gasteiger partial charge in [-0.2, -0.15) is 0 Å². The summed E-state index contributed by atoms with van der Waals surface area (Å²) in [6.45, 7) is 4.64. The Kier molecular flexibility index (Phi) is 5.45. The second-order valence-corrected chi connectivity index (χ2v) is 9.62. The molecule has 0 radical (unpaired) electrons. The fourth-order valence-corrected chi connectivity index (χ4v) is 6.31. The third kappa shape index (κ3) is 3.39. The average Bonchev–Trinajstić information content (AvgIpc) is 2.90. The van der Waals surface area contributed by atoms with Crippen LogP contribution in [-0.4, -0.2) is 9.97 Å². The van der Waals surface area contributed by atoms with Crippen LogP contribution in [0.15, 0.2) is 97.1 Å². The van der Waals surface area contributed by atoms with Crippen LogP contribution in [0, 0.1) is 0 Å². The molecule has 0 N–H and O–H groups in total. The van der Waals surface area contributed by atoms with Crippen molar-refractivity contribution in [3.05, 3.63) is 108 Å². The van der Waals surface area contributed by atoms with Crippen molar-refractivity contribution in [2.45, 2.75) is 44.9 Å². The molecule has 0 fully saturated rings. The number of pyridine rings is 2. The summed E-state index contributed by atoms with van der Waals surface area (Å²) in [6.07, 6.45) is 4.32. The van der Waals surface area contributed by atoms with Gasteiger partial charge < -0.3 is 0 Å². The van der Waals surface area contributed by atoms with Gasteiger partial charge in [-0.25, -0.2) is 9.97 Å². The third-order valence-electron chi connectivity index (χ3n) is 7.49. The van der Waals surface area contributed by atoms with E-state index in [2.05, 4.69) is 111 Å². The summed E-state index contributed by atoms with van der Waals surface area (Å²) in [7, 11) is 0. The second-order valence-electron chi connectivity index (χ2n) is 9.62. The van der Waals surface area contributed by atoms with Crippen molar-refractivity contribution in [2.24, 2.45) is 0 Å². The van der Waals surface area contributed by atoms with Gasteiger partial charge in [0.05, 0.1) is 22.1 Å². The summed E-state index contributed by atoms with van der Waals surface area (Å²) in [6, 6.07) is 34.8. The van der Waals surface area contributed by atoms with Crippen LogP contribution in [0.25, 0.3) is 43.6 Å². The predicted octanol–water partition coefficient (Wildman–Crippen LogP) is 8.98. The molecule has 172 valence electrons. The number of rotatable bonds is 6. The van der Waals surface area contributed by atoms with E-state index < -0.39 is 0 Å². The highest BCUT2D eigenvalue weighted by atomic mass is 14.7. The minimum Gasteiger partial charge on any atom is -0.248 e. The molecular formula is C33H30N2. The Labute approximate surface area is 206 Å². The number of fused-ring (bicyclic) bond motifs is 4. The SMILES string of the molecule is CCCC(CCC)(c1c2ccccc2nc2ccccc12)c1c2ccccc2nc2ccccc12. The zero-order valence-electron chi connectivity index (χ0n) is 20.5. The first-order valence-electron chi connectivity index (χ1n) is 12.8. The summed E-state index contributed by atoms with van der Waals surface area (Å²) in [5, 5.41) is 5.05. The summed E-state index contributed by atoms with van der Waals surface area (Å²) >= 11 is 0. The van der Waals surface area contributed by atoms with Gasteiger partial charge in [0.1, 0.15) is 0 Å². The maximum Gasteiger partial charge on any atom is 0.0712 e. The van der Waals surface area contributed by atoms with E-state index >= 15 is 0 Å². The fourth-order valence-electron chi connectivity index (χ4n) is 6.31. The third-order valence-corrected chi connectivity index (χ3v) is 7.49. The molecule has 0 spiro atoms. The molecule has 6 rings (SSSR count). The second kappa shape index (κ2) is 8.78. The van der Waals surface area contributed by atoms with Gasteiger partial charge in [0.15, 0.2) is 0 Å². The molecule has 0 bridgehead atoms. The first-order valence-corrected chi connectivity index (χ1v) is 12.8. The van der Waals surface area contributed by atoms with Gasteiger partial charge >= 0.3 is 0 Å². The Morgan fingerprint density at radius 2 is 0.743 bits per heavy atom. The van der Waals surface area contributed by atoms with Gasteiger partial charge in [0, 0.05) is 27.0 Å². The van der Waals surface area contributed by atoms with Crippen LogP contribution < -0.4 is 0 Å². The summed E-state index contributed by atoms with van der Waals surface area (Å²) in [4.78, 5) is 10.2. The molecular weight excluding hydrogens is 424 g/mol. The Bertz CT molecular complexity index is 1450. The molecule has 2 aromatic heterocycles. The van der Waals surface area contributed by atoms with Crippen molar-refractivity contribution in [1.82, 2.24) is 9.97 Å². The number of hydrogen-bond donors (Lipinski definition) is 0. The lowest BCUT2D eigenvalue weighted by molar-refractivity contribution is 0.438. The van der Waals surface area contributed by atoms with Crippen LogP contribution in [0.1, 0.15) is 50.7 Å². The lowest BCUT2D eigenvalue weighted by atomic mass is 9.65. The average molecular weight is 455 g/mol. The van der Waals surface area contributed by atoms with Gasteiger partial charge in [-0.15, -0.1) is 0 Å². The Morgan fingerprint density at radius 1 is 0.457 bits per heavy atom. The number of hydrogen-bond acceptors (Lipinski definition) is 2. The first-order chi connectivity index (χ1) is 17.3. The topological polar surface area (TPSA) is 25.8 Å². The van der Waals surface area contributed by atoms with Crippen LogP contribution in [-0.2, 0) is 5.41 Å². The van der Waals surface area contributed by atoms with E-state index in [1.807, 2.05) is 0 Å². The molecule has 2 heteroatoms.